The van der Waals surface area contributed by atoms with Gasteiger partial charge in [0.2, 0.25) is 0 Å². The van der Waals surface area contributed by atoms with Gasteiger partial charge in [-0.05, 0) is 29.8 Å². The maximum atomic E-state index is 6.07. The highest BCUT2D eigenvalue weighted by Gasteiger charge is 2.07. The number of nitrogens with two attached hydrogens (primary N) is 1. The van der Waals surface area contributed by atoms with E-state index in [2.05, 4.69) is 16.7 Å². The third-order valence-electron chi connectivity index (χ3n) is 3.17. The number of nitrogens with zero attached hydrogens (tertiary/aromatic N) is 1. The van der Waals surface area contributed by atoms with Crippen LogP contribution in [0.4, 0.5) is 5.82 Å². The van der Waals surface area contributed by atoms with Crippen molar-refractivity contribution in [2.24, 2.45) is 0 Å². The fourth-order valence-corrected chi connectivity index (χ4v) is 2.55. The third-order valence-corrected chi connectivity index (χ3v) is 3.91. The van der Waals surface area contributed by atoms with Gasteiger partial charge in [0.1, 0.15) is 5.82 Å². The summed E-state index contributed by atoms with van der Waals surface area (Å²) in [5, 5.41) is 2.27. The average molecular weight is 291 g/mol. The number of hydrogen-bond acceptors (Lipinski definition) is 1. The molecule has 2 N–H and O–H groups in total. The Hall–Kier alpha value is -1.64. The summed E-state index contributed by atoms with van der Waals surface area (Å²) in [7, 11) is 0. The molecule has 3 aromatic rings. The van der Waals surface area contributed by atoms with Crippen LogP contribution in [0.25, 0.3) is 10.9 Å². The van der Waals surface area contributed by atoms with Gasteiger partial charge in [0.05, 0.1) is 15.6 Å². The van der Waals surface area contributed by atoms with Crippen molar-refractivity contribution in [1.29, 1.82) is 0 Å². The first-order valence-electron chi connectivity index (χ1n) is 5.93. The van der Waals surface area contributed by atoms with Crippen molar-refractivity contribution >= 4 is 39.9 Å². The van der Waals surface area contributed by atoms with E-state index in [-0.39, 0.29) is 0 Å². The molecule has 0 atom stereocenters. The maximum Gasteiger partial charge on any atom is 0.104 e. The molecular formula is C15H12Cl2N2. The second-order valence-corrected chi connectivity index (χ2v) is 5.28. The molecule has 0 saturated carbocycles. The summed E-state index contributed by atoms with van der Waals surface area (Å²) in [6, 6.07) is 15.7. The van der Waals surface area contributed by atoms with Gasteiger partial charge in [0.15, 0.2) is 0 Å². The van der Waals surface area contributed by atoms with Crippen LogP contribution in [0.5, 0.6) is 0 Å². The van der Waals surface area contributed by atoms with Crippen LogP contribution in [0.15, 0.2) is 48.5 Å². The number of benzene rings is 2. The Labute approximate surface area is 121 Å². The number of halogens is 2. The number of rotatable bonds is 2. The second kappa shape index (κ2) is 4.80. The lowest BCUT2D eigenvalue weighted by Crippen LogP contribution is -2.03. The van der Waals surface area contributed by atoms with Gasteiger partial charge >= 0.3 is 0 Å². The van der Waals surface area contributed by atoms with Crippen molar-refractivity contribution in [3.05, 3.63) is 64.1 Å². The fraction of sp³-hybridized carbons (Fsp3) is 0.0667. The predicted octanol–water partition coefficient (Wildman–Crippen LogP) is 4.58. The SMILES string of the molecule is Nc1cc2ccccc2n1Cc1ccc(Cl)c(Cl)c1. The van der Waals surface area contributed by atoms with Crippen LogP contribution in [0.2, 0.25) is 10.0 Å². The lowest BCUT2D eigenvalue weighted by Gasteiger charge is -2.09. The van der Waals surface area contributed by atoms with Crippen molar-refractivity contribution in [3.8, 4) is 0 Å². The highest BCUT2D eigenvalue weighted by atomic mass is 35.5. The normalized spacial score (nSPS) is 11.1. The minimum absolute atomic E-state index is 0.564. The highest BCUT2D eigenvalue weighted by Crippen LogP contribution is 2.26. The molecule has 0 aliphatic rings. The second-order valence-electron chi connectivity index (χ2n) is 4.46. The van der Waals surface area contributed by atoms with E-state index in [9.17, 15) is 0 Å². The molecule has 0 bridgehead atoms. The van der Waals surface area contributed by atoms with Crippen LogP contribution >= 0.6 is 23.2 Å². The monoisotopic (exact) mass is 290 g/mol. The number of hydrogen-bond donors (Lipinski definition) is 1. The van der Waals surface area contributed by atoms with Gasteiger partial charge in [-0.2, -0.15) is 0 Å². The molecule has 2 nitrogen and oxygen atoms in total. The number of aromatic nitrogens is 1. The van der Waals surface area contributed by atoms with Crippen molar-refractivity contribution < 1.29 is 0 Å². The topological polar surface area (TPSA) is 30.9 Å². The number of fused-ring (bicyclic) bond motifs is 1. The molecule has 2 aromatic carbocycles. The summed E-state index contributed by atoms with van der Waals surface area (Å²) in [6.07, 6.45) is 0. The van der Waals surface area contributed by atoms with Crippen LogP contribution in [-0.2, 0) is 6.54 Å². The van der Waals surface area contributed by atoms with Crippen LogP contribution < -0.4 is 5.73 Å². The molecular weight excluding hydrogens is 279 g/mol. The van der Waals surface area contributed by atoms with Crippen LogP contribution in [0.3, 0.4) is 0 Å². The van der Waals surface area contributed by atoms with Gasteiger partial charge in [0, 0.05) is 11.9 Å². The van der Waals surface area contributed by atoms with Gasteiger partial charge in [-0.15, -0.1) is 0 Å². The van der Waals surface area contributed by atoms with E-state index >= 15 is 0 Å². The number of nitrogen functional groups attached to an aromatic ring is 1. The Bertz CT molecular complexity index is 747. The first-order chi connectivity index (χ1) is 9.15. The Morgan fingerprint density at radius 3 is 2.53 bits per heavy atom. The molecule has 1 aromatic heterocycles. The van der Waals surface area contributed by atoms with Crippen molar-refractivity contribution in [3.63, 3.8) is 0 Å². The van der Waals surface area contributed by atoms with Crippen molar-refractivity contribution in [1.82, 2.24) is 4.57 Å². The van der Waals surface area contributed by atoms with E-state index < -0.39 is 0 Å². The smallest absolute Gasteiger partial charge is 0.104 e. The Morgan fingerprint density at radius 2 is 1.74 bits per heavy atom. The minimum Gasteiger partial charge on any atom is -0.385 e. The summed E-state index contributed by atoms with van der Waals surface area (Å²) >= 11 is 12.0. The third kappa shape index (κ3) is 2.29. The van der Waals surface area contributed by atoms with Gasteiger partial charge in [-0.3, -0.25) is 0 Å². The summed E-state index contributed by atoms with van der Waals surface area (Å²) < 4.78 is 2.06. The molecule has 0 radical (unpaired) electrons. The van der Waals surface area contributed by atoms with Crippen LogP contribution in [0.1, 0.15) is 5.56 Å². The first kappa shape index (κ1) is 12.4. The lowest BCUT2D eigenvalue weighted by molar-refractivity contribution is 0.848. The molecule has 0 spiro atoms. The average Bonchev–Trinajstić information content (AvgIpc) is 2.71. The number of para-hydroxylation sites is 1. The summed E-state index contributed by atoms with van der Waals surface area (Å²) in [4.78, 5) is 0. The van der Waals surface area contributed by atoms with E-state index in [0.717, 1.165) is 22.3 Å². The standard InChI is InChI=1S/C15H12Cl2N2/c16-12-6-5-10(7-13(12)17)9-19-14-4-2-1-3-11(14)8-15(19)18/h1-8H,9,18H2. The zero-order chi connectivity index (χ0) is 13.4. The Balaban J connectivity index is 2.05. The Kier molecular flexibility index (Phi) is 3.13. The predicted molar refractivity (Wildman–Crippen MR) is 81.9 cm³/mol. The molecule has 0 aliphatic carbocycles. The molecule has 0 fully saturated rings. The largest absolute Gasteiger partial charge is 0.385 e. The van der Waals surface area contributed by atoms with E-state index in [0.29, 0.717) is 16.6 Å². The van der Waals surface area contributed by atoms with Crippen LogP contribution in [0, 0.1) is 0 Å². The summed E-state index contributed by atoms with van der Waals surface area (Å²) in [6.45, 7) is 0.677. The van der Waals surface area contributed by atoms with E-state index in [1.165, 1.54) is 0 Å². The summed E-state index contributed by atoms with van der Waals surface area (Å²) in [5.74, 6) is 0.743. The lowest BCUT2D eigenvalue weighted by atomic mass is 10.2. The van der Waals surface area contributed by atoms with E-state index in [1.54, 1.807) is 6.07 Å². The van der Waals surface area contributed by atoms with Gasteiger partial charge < -0.3 is 10.3 Å². The number of anilines is 1. The minimum atomic E-state index is 0.564. The molecule has 0 saturated heterocycles. The van der Waals surface area contributed by atoms with Gasteiger partial charge in [0.25, 0.3) is 0 Å². The summed E-state index contributed by atoms with van der Waals surface area (Å²) in [5.41, 5.74) is 8.26. The molecule has 0 amide bonds. The molecule has 4 heteroatoms. The zero-order valence-corrected chi connectivity index (χ0v) is 11.6. The highest BCUT2D eigenvalue weighted by molar-refractivity contribution is 6.42. The van der Waals surface area contributed by atoms with Crippen molar-refractivity contribution in [2.45, 2.75) is 6.54 Å². The molecule has 1 heterocycles. The van der Waals surface area contributed by atoms with Gasteiger partial charge in [-0.25, -0.2) is 0 Å². The Morgan fingerprint density at radius 1 is 0.947 bits per heavy atom. The molecule has 19 heavy (non-hydrogen) atoms. The zero-order valence-electron chi connectivity index (χ0n) is 10.1. The van der Waals surface area contributed by atoms with E-state index in [4.69, 9.17) is 28.9 Å². The molecule has 3 rings (SSSR count). The maximum absolute atomic E-state index is 6.07. The van der Waals surface area contributed by atoms with Crippen LogP contribution in [-0.4, -0.2) is 4.57 Å². The van der Waals surface area contributed by atoms with Crippen molar-refractivity contribution in [2.75, 3.05) is 5.73 Å². The quantitative estimate of drug-likeness (QED) is 0.736. The molecule has 0 aliphatic heterocycles. The first-order valence-corrected chi connectivity index (χ1v) is 6.68. The molecule has 0 unspecified atom stereocenters. The molecule has 96 valence electrons. The van der Waals surface area contributed by atoms with Gasteiger partial charge in [-0.1, -0.05) is 47.5 Å². The van der Waals surface area contributed by atoms with E-state index in [1.807, 2.05) is 30.3 Å². The fourth-order valence-electron chi connectivity index (χ4n) is 2.23.